The highest BCUT2D eigenvalue weighted by Crippen LogP contribution is 2.37. The van der Waals surface area contributed by atoms with E-state index in [1.807, 2.05) is 31.2 Å². The predicted octanol–water partition coefficient (Wildman–Crippen LogP) is 5.95. The van der Waals surface area contributed by atoms with Crippen molar-refractivity contribution in [1.29, 1.82) is 0 Å². The summed E-state index contributed by atoms with van der Waals surface area (Å²) in [5.41, 5.74) is 2.60. The van der Waals surface area contributed by atoms with E-state index in [-0.39, 0.29) is 17.9 Å². The van der Waals surface area contributed by atoms with Crippen molar-refractivity contribution < 1.29 is 18.7 Å². The molecule has 1 aliphatic rings. The van der Waals surface area contributed by atoms with Gasteiger partial charge in [0.25, 0.3) is 0 Å². The Kier molecular flexibility index (Phi) is 7.80. The predicted molar refractivity (Wildman–Crippen MR) is 129 cm³/mol. The van der Waals surface area contributed by atoms with E-state index < -0.39 is 5.91 Å². The second-order valence-corrected chi connectivity index (χ2v) is 8.78. The van der Waals surface area contributed by atoms with Gasteiger partial charge in [-0.15, -0.1) is 5.10 Å². The van der Waals surface area contributed by atoms with Crippen molar-refractivity contribution >= 4 is 40.9 Å². The normalized spacial score (nSPS) is 17.7. The molecule has 0 atom stereocenters. The lowest BCUT2D eigenvalue weighted by Crippen LogP contribution is -2.18. The van der Waals surface area contributed by atoms with Crippen LogP contribution >= 0.6 is 11.6 Å². The molecular weight excluding hydrogens is 456 g/mol. The zero-order chi connectivity index (χ0) is 23.9. The van der Waals surface area contributed by atoms with Crippen molar-refractivity contribution in [3.05, 3.63) is 65.0 Å². The number of carbonyl (C=O) groups excluding carboxylic acids is 2. The lowest BCUT2D eigenvalue weighted by molar-refractivity contribution is -0.144. The molecule has 1 heterocycles. The van der Waals surface area contributed by atoms with Crippen LogP contribution in [0.5, 0.6) is 0 Å². The van der Waals surface area contributed by atoms with Gasteiger partial charge in [-0.1, -0.05) is 28.8 Å². The number of esters is 1. The average Bonchev–Trinajstić information content (AvgIpc) is 3.30. The molecule has 3 aromatic rings. The van der Waals surface area contributed by atoms with E-state index in [0.29, 0.717) is 41.3 Å². The van der Waals surface area contributed by atoms with Crippen molar-refractivity contribution in [2.75, 3.05) is 17.2 Å². The largest absolute Gasteiger partial charge is 0.466 e. The molecule has 0 radical (unpaired) electrons. The summed E-state index contributed by atoms with van der Waals surface area (Å²) in [5, 5.41) is 14.0. The molecule has 0 unspecified atom stereocenters. The summed E-state index contributed by atoms with van der Waals surface area (Å²) in [5.74, 6) is 0.146. The number of nitrogens with zero attached hydrogens (tertiary/aromatic N) is 2. The third kappa shape index (κ3) is 6.35. The Balaban J connectivity index is 1.27. The molecule has 4 rings (SSSR count). The minimum atomic E-state index is -0.483. The van der Waals surface area contributed by atoms with Gasteiger partial charge in [-0.2, -0.15) is 0 Å². The Morgan fingerprint density at radius 3 is 2.35 bits per heavy atom. The van der Waals surface area contributed by atoms with Gasteiger partial charge in [0.15, 0.2) is 0 Å². The fraction of sp³-hybridized carbons (Fsp3) is 0.360. The van der Waals surface area contributed by atoms with Crippen LogP contribution in [0.25, 0.3) is 0 Å². The SMILES string of the molecule is CCOC(=O)CC1CCC(c2ccc(NC(=O)c3nnc(Nc4ccc(Cl)cc4)o3)cc2)CC1. The van der Waals surface area contributed by atoms with E-state index in [9.17, 15) is 9.59 Å². The first-order valence-corrected chi connectivity index (χ1v) is 11.8. The number of aromatic nitrogens is 2. The minimum Gasteiger partial charge on any atom is -0.466 e. The molecule has 34 heavy (non-hydrogen) atoms. The lowest BCUT2D eigenvalue weighted by atomic mass is 9.77. The van der Waals surface area contributed by atoms with E-state index in [0.717, 1.165) is 25.7 Å². The molecule has 0 aliphatic heterocycles. The Hall–Kier alpha value is -3.39. The molecule has 178 valence electrons. The molecule has 0 spiro atoms. The summed E-state index contributed by atoms with van der Waals surface area (Å²) in [4.78, 5) is 24.2. The number of rotatable bonds is 8. The first-order valence-electron chi connectivity index (χ1n) is 11.4. The van der Waals surface area contributed by atoms with Crippen LogP contribution in [0, 0.1) is 5.92 Å². The number of amides is 1. The Morgan fingerprint density at radius 1 is 1.00 bits per heavy atom. The number of halogens is 1. The highest BCUT2D eigenvalue weighted by molar-refractivity contribution is 6.30. The molecule has 2 aromatic carbocycles. The molecule has 1 aliphatic carbocycles. The van der Waals surface area contributed by atoms with Crippen LogP contribution in [0.15, 0.2) is 52.9 Å². The highest BCUT2D eigenvalue weighted by atomic mass is 35.5. The zero-order valence-electron chi connectivity index (χ0n) is 18.9. The number of hydrogen-bond donors (Lipinski definition) is 2. The van der Waals surface area contributed by atoms with Crippen LogP contribution in [-0.2, 0) is 9.53 Å². The minimum absolute atomic E-state index is 0.0971. The number of hydrogen-bond acceptors (Lipinski definition) is 7. The monoisotopic (exact) mass is 482 g/mol. The second kappa shape index (κ2) is 11.2. The maximum Gasteiger partial charge on any atom is 0.320 e. The van der Waals surface area contributed by atoms with Gasteiger partial charge in [-0.05, 0) is 86.4 Å². The summed E-state index contributed by atoms with van der Waals surface area (Å²) in [6.07, 6.45) is 4.64. The number of benzene rings is 2. The first-order chi connectivity index (χ1) is 16.5. The van der Waals surface area contributed by atoms with Crippen LogP contribution < -0.4 is 10.6 Å². The molecule has 9 heteroatoms. The molecule has 1 saturated carbocycles. The van der Waals surface area contributed by atoms with Gasteiger partial charge < -0.3 is 19.8 Å². The lowest BCUT2D eigenvalue weighted by Gasteiger charge is -2.28. The molecule has 0 saturated heterocycles. The summed E-state index contributed by atoms with van der Waals surface area (Å²) in [6, 6.07) is 14.9. The third-order valence-corrected chi connectivity index (χ3v) is 6.21. The Morgan fingerprint density at radius 2 is 1.68 bits per heavy atom. The van der Waals surface area contributed by atoms with Gasteiger partial charge >= 0.3 is 23.8 Å². The maximum atomic E-state index is 12.5. The van der Waals surface area contributed by atoms with Crippen molar-refractivity contribution in [1.82, 2.24) is 10.2 Å². The molecule has 1 aromatic heterocycles. The smallest absolute Gasteiger partial charge is 0.320 e. The molecule has 8 nitrogen and oxygen atoms in total. The maximum absolute atomic E-state index is 12.5. The van der Waals surface area contributed by atoms with Crippen molar-refractivity contribution in [2.24, 2.45) is 5.92 Å². The van der Waals surface area contributed by atoms with Crippen molar-refractivity contribution in [3.8, 4) is 0 Å². The first kappa shape index (κ1) is 23.8. The van der Waals surface area contributed by atoms with E-state index in [1.165, 1.54) is 5.56 Å². The van der Waals surface area contributed by atoms with Crippen molar-refractivity contribution in [3.63, 3.8) is 0 Å². The van der Waals surface area contributed by atoms with Crippen LogP contribution in [0.2, 0.25) is 5.02 Å². The highest BCUT2D eigenvalue weighted by Gasteiger charge is 2.24. The number of anilines is 3. The topological polar surface area (TPSA) is 106 Å². The quantitative estimate of drug-likeness (QED) is 0.382. The number of ether oxygens (including phenoxy) is 1. The van der Waals surface area contributed by atoms with Crippen molar-refractivity contribution in [2.45, 2.75) is 44.9 Å². The van der Waals surface area contributed by atoms with Crippen LogP contribution in [0.4, 0.5) is 17.4 Å². The third-order valence-electron chi connectivity index (χ3n) is 5.96. The van der Waals surface area contributed by atoms with Gasteiger partial charge in [-0.25, -0.2) is 0 Å². The van der Waals surface area contributed by atoms with Crippen LogP contribution in [-0.4, -0.2) is 28.7 Å². The number of carbonyl (C=O) groups is 2. The van der Waals surface area contributed by atoms with E-state index in [4.69, 9.17) is 20.8 Å². The summed E-state index contributed by atoms with van der Waals surface area (Å²) >= 11 is 5.88. The van der Waals surface area contributed by atoms with Gasteiger partial charge in [0.05, 0.1) is 6.61 Å². The summed E-state index contributed by atoms with van der Waals surface area (Å²) in [6.45, 7) is 2.27. The van der Waals surface area contributed by atoms with Gasteiger partial charge in [0.1, 0.15) is 0 Å². The summed E-state index contributed by atoms with van der Waals surface area (Å²) < 4.78 is 10.5. The number of nitrogens with one attached hydrogen (secondary N) is 2. The fourth-order valence-electron chi connectivity index (χ4n) is 4.20. The Bertz CT molecular complexity index is 1110. The van der Waals surface area contributed by atoms with E-state index in [1.54, 1.807) is 24.3 Å². The van der Waals surface area contributed by atoms with E-state index >= 15 is 0 Å². The molecule has 1 fully saturated rings. The fourth-order valence-corrected chi connectivity index (χ4v) is 4.33. The van der Waals surface area contributed by atoms with Gasteiger partial charge in [-0.3, -0.25) is 9.59 Å². The van der Waals surface area contributed by atoms with Gasteiger partial charge in [0, 0.05) is 22.8 Å². The summed E-state index contributed by atoms with van der Waals surface area (Å²) in [7, 11) is 0. The average molecular weight is 483 g/mol. The molecule has 0 bridgehead atoms. The van der Waals surface area contributed by atoms with Crippen LogP contribution in [0.1, 0.15) is 61.2 Å². The molecule has 1 amide bonds. The molecular formula is C25H27ClN4O4. The zero-order valence-corrected chi connectivity index (χ0v) is 19.7. The van der Waals surface area contributed by atoms with Gasteiger partial charge in [0.2, 0.25) is 0 Å². The van der Waals surface area contributed by atoms with E-state index in [2.05, 4.69) is 20.8 Å². The standard InChI is InChI=1S/C25H27ClN4O4/c1-2-33-22(31)15-16-3-5-17(6-4-16)18-7-11-20(12-8-18)27-23(32)24-29-30-25(34-24)28-21-13-9-19(26)10-14-21/h7-14,16-17H,2-6,15H2,1H3,(H,27,32)(H,28,30). The van der Waals surface area contributed by atoms with Crippen LogP contribution in [0.3, 0.4) is 0 Å². The Labute approximate surface area is 203 Å². The second-order valence-electron chi connectivity index (χ2n) is 8.35. The molecule has 2 N–H and O–H groups in total.